The van der Waals surface area contributed by atoms with Gasteiger partial charge in [0.1, 0.15) is 17.2 Å². The third-order valence-electron chi connectivity index (χ3n) is 5.71. The van der Waals surface area contributed by atoms with Gasteiger partial charge in [-0.05, 0) is 48.7 Å². The quantitative estimate of drug-likeness (QED) is 0.593. The molecule has 0 aromatic heterocycles. The molecule has 2 aromatic carbocycles. The van der Waals surface area contributed by atoms with E-state index in [0.717, 1.165) is 22.6 Å². The fourth-order valence-corrected chi connectivity index (χ4v) is 4.02. The highest BCUT2D eigenvalue weighted by atomic mass is 16.5. The zero-order valence-electron chi connectivity index (χ0n) is 18.5. The average molecular weight is 437 g/mol. The van der Waals surface area contributed by atoms with Crippen LogP contribution in [0.15, 0.2) is 54.2 Å². The fourth-order valence-electron chi connectivity index (χ4n) is 4.02. The number of morpholine rings is 1. The Morgan fingerprint density at radius 3 is 2.19 bits per heavy atom. The lowest BCUT2D eigenvalue weighted by molar-refractivity contribution is -0.137. The van der Waals surface area contributed by atoms with Crippen molar-refractivity contribution in [2.45, 2.75) is 13.3 Å². The summed E-state index contributed by atoms with van der Waals surface area (Å²) in [4.78, 5) is 30.2. The van der Waals surface area contributed by atoms with Crippen molar-refractivity contribution in [1.29, 1.82) is 0 Å². The van der Waals surface area contributed by atoms with Crippen LogP contribution in [0.25, 0.3) is 5.57 Å². The second-order valence-corrected chi connectivity index (χ2v) is 7.64. The van der Waals surface area contributed by atoms with Gasteiger partial charge in [-0.15, -0.1) is 0 Å². The maximum Gasteiger partial charge on any atom is 0.277 e. The average Bonchev–Trinajstić information content (AvgIpc) is 3.08. The Morgan fingerprint density at radius 1 is 0.906 bits per heavy atom. The topological polar surface area (TPSA) is 68.3 Å². The van der Waals surface area contributed by atoms with Gasteiger partial charge >= 0.3 is 0 Å². The van der Waals surface area contributed by atoms with E-state index in [-0.39, 0.29) is 11.8 Å². The summed E-state index contributed by atoms with van der Waals surface area (Å²) in [7, 11) is 1.62. The van der Waals surface area contributed by atoms with Crippen molar-refractivity contribution in [1.82, 2.24) is 9.80 Å². The van der Waals surface area contributed by atoms with E-state index in [9.17, 15) is 9.59 Å². The molecule has 4 rings (SSSR count). The maximum absolute atomic E-state index is 13.4. The van der Waals surface area contributed by atoms with Gasteiger partial charge < -0.3 is 19.1 Å². The van der Waals surface area contributed by atoms with Crippen molar-refractivity contribution in [3.8, 4) is 11.5 Å². The third-order valence-corrected chi connectivity index (χ3v) is 5.71. The van der Waals surface area contributed by atoms with Crippen molar-refractivity contribution in [3.63, 3.8) is 0 Å². The van der Waals surface area contributed by atoms with Crippen LogP contribution in [0.4, 0.5) is 0 Å². The van der Waals surface area contributed by atoms with Crippen LogP contribution in [0.3, 0.4) is 0 Å². The van der Waals surface area contributed by atoms with Crippen LogP contribution in [0, 0.1) is 0 Å². The lowest BCUT2D eigenvalue weighted by Gasteiger charge is -2.29. The molecule has 0 radical (unpaired) electrons. The normalized spacial score (nSPS) is 16.7. The second-order valence-electron chi connectivity index (χ2n) is 7.64. The van der Waals surface area contributed by atoms with E-state index in [1.807, 2.05) is 60.4 Å². The molecule has 2 aliphatic heterocycles. The second kappa shape index (κ2) is 9.87. The molecule has 32 heavy (non-hydrogen) atoms. The molecule has 7 nitrogen and oxygen atoms in total. The van der Waals surface area contributed by atoms with Crippen LogP contribution < -0.4 is 9.47 Å². The summed E-state index contributed by atoms with van der Waals surface area (Å²) >= 11 is 0. The number of methoxy groups -OCH3 is 1. The molecular weight excluding hydrogens is 408 g/mol. The van der Waals surface area contributed by atoms with E-state index in [4.69, 9.17) is 14.2 Å². The van der Waals surface area contributed by atoms with Gasteiger partial charge in [-0.3, -0.25) is 14.5 Å². The number of hydrogen-bond donors (Lipinski definition) is 0. The molecule has 0 bridgehead atoms. The molecule has 1 saturated heterocycles. The van der Waals surface area contributed by atoms with Gasteiger partial charge in [0, 0.05) is 19.6 Å². The molecule has 0 aliphatic carbocycles. The van der Waals surface area contributed by atoms with Crippen LogP contribution in [0.1, 0.15) is 18.1 Å². The molecule has 2 aromatic rings. The Labute approximate surface area is 188 Å². The first-order valence-corrected chi connectivity index (χ1v) is 10.9. The SMILES string of the molecule is CCOc1ccc(C2=C(N3CCOCC3)C(=O)N(CCc3ccc(OC)cc3)C2=O)cc1. The molecule has 2 heterocycles. The lowest BCUT2D eigenvalue weighted by atomic mass is 10.0. The highest BCUT2D eigenvalue weighted by molar-refractivity contribution is 6.35. The molecule has 0 saturated carbocycles. The van der Waals surface area contributed by atoms with Gasteiger partial charge in [-0.2, -0.15) is 0 Å². The van der Waals surface area contributed by atoms with E-state index < -0.39 is 0 Å². The van der Waals surface area contributed by atoms with Crippen molar-refractivity contribution in [3.05, 3.63) is 65.4 Å². The Morgan fingerprint density at radius 2 is 1.56 bits per heavy atom. The van der Waals surface area contributed by atoms with Crippen molar-refractivity contribution < 1.29 is 23.8 Å². The molecule has 0 atom stereocenters. The number of hydrogen-bond acceptors (Lipinski definition) is 6. The van der Waals surface area contributed by atoms with Gasteiger partial charge in [-0.25, -0.2) is 0 Å². The largest absolute Gasteiger partial charge is 0.497 e. The van der Waals surface area contributed by atoms with Crippen LogP contribution in [0.2, 0.25) is 0 Å². The summed E-state index contributed by atoms with van der Waals surface area (Å²) in [5.74, 6) is 1.01. The first kappa shape index (κ1) is 21.9. The number of amides is 2. The number of nitrogens with zero attached hydrogens (tertiary/aromatic N) is 2. The summed E-state index contributed by atoms with van der Waals surface area (Å²) in [6.45, 7) is 5.05. The fraction of sp³-hybridized carbons (Fsp3) is 0.360. The minimum absolute atomic E-state index is 0.241. The minimum Gasteiger partial charge on any atom is -0.497 e. The smallest absolute Gasteiger partial charge is 0.277 e. The third kappa shape index (κ3) is 4.48. The van der Waals surface area contributed by atoms with Gasteiger partial charge in [-0.1, -0.05) is 24.3 Å². The van der Waals surface area contributed by atoms with Crippen LogP contribution in [-0.4, -0.2) is 68.2 Å². The summed E-state index contributed by atoms with van der Waals surface area (Å²) in [5, 5.41) is 0. The monoisotopic (exact) mass is 436 g/mol. The summed E-state index contributed by atoms with van der Waals surface area (Å²) in [6, 6.07) is 15.0. The highest BCUT2D eigenvalue weighted by Gasteiger charge is 2.41. The zero-order chi connectivity index (χ0) is 22.5. The van der Waals surface area contributed by atoms with Gasteiger partial charge in [0.2, 0.25) is 0 Å². The lowest BCUT2D eigenvalue weighted by Crippen LogP contribution is -2.40. The number of benzene rings is 2. The molecule has 2 aliphatic rings. The molecular formula is C25H28N2O5. The Balaban J connectivity index is 1.60. The van der Waals surface area contributed by atoms with Gasteiger partial charge in [0.05, 0.1) is 32.5 Å². The first-order valence-electron chi connectivity index (χ1n) is 10.9. The van der Waals surface area contributed by atoms with Crippen LogP contribution in [-0.2, 0) is 20.7 Å². The maximum atomic E-state index is 13.4. The standard InChI is InChI=1S/C25H28N2O5/c1-3-32-21-10-6-19(7-11-21)22-23(26-14-16-31-17-15-26)25(29)27(24(22)28)13-12-18-4-8-20(30-2)9-5-18/h4-11H,3,12-17H2,1-2H3. The summed E-state index contributed by atoms with van der Waals surface area (Å²) in [6.07, 6.45) is 0.578. The van der Waals surface area contributed by atoms with E-state index in [0.29, 0.717) is 57.1 Å². The number of imide groups is 1. The number of carbonyl (C=O) groups excluding carboxylic acids is 2. The molecule has 0 spiro atoms. The minimum atomic E-state index is -0.255. The number of carbonyl (C=O) groups is 2. The summed E-state index contributed by atoms with van der Waals surface area (Å²) < 4.78 is 16.2. The summed E-state index contributed by atoms with van der Waals surface area (Å²) in [5.41, 5.74) is 2.68. The Bertz CT molecular complexity index is 992. The van der Waals surface area contributed by atoms with E-state index in [1.165, 1.54) is 4.90 Å². The molecule has 0 unspecified atom stereocenters. The number of rotatable bonds is 8. The molecule has 1 fully saturated rings. The van der Waals surface area contributed by atoms with Crippen molar-refractivity contribution in [2.75, 3.05) is 46.6 Å². The van der Waals surface area contributed by atoms with Crippen molar-refractivity contribution in [2.24, 2.45) is 0 Å². The predicted octanol–water partition coefficient (Wildman–Crippen LogP) is 2.75. The molecule has 0 N–H and O–H groups in total. The van der Waals surface area contributed by atoms with Gasteiger partial charge in [0.15, 0.2) is 0 Å². The molecule has 168 valence electrons. The Kier molecular flexibility index (Phi) is 6.75. The highest BCUT2D eigenvalue weighted by Crippen LogP contribution is 2.33. The van der Waals surface area contributed by atoms with E-state index in [1.54, 1.807) is 7.11 Å². The van der Waals surface area contributed by atoms with E-state index in [2.05, 4.69) is 0 Å². The molecule has 2 amide bonds. The van der Waals surface area contributed by atoms with Gasteiger partial charge in [0.25, 0.3) is 11.8 Å². The van der Waals surface area contributed by atoms with Crippen LogP contribution >= 0.6 is 0 Å². The first-order chi connectivity index (χ1) is 15.6. The van der Waals surface area contributed by atoms with E-state index >= 15 is 0 Å². The van der Waals surface area contributed by atoms with Crippen LogP contribution in [0.5, 0.6) is 11.5 Å². The Hall–Kier alpha value is -3.32. The van der Waals surface area contributed by atoms with Crippen molar-refractivity contribution >= 4 is 17.4 Å². The molecule has 7 heteroatoms. The number of ether oxygens (including phenoxy) is 3. The zero-order valence-corrected chi connectivity index (χ0v) is 18.5. The predicted molar refractivity (Wildman–Crippen MR) is 120 cm³/mol.